The normalized spacial score (nSPS) is 36.3. The van der Waals surface area contributed by atoms with Crippen molar-refractivity contribution in [2.24, 2.45) is 11.8 Å². The molecule has 0 aromatic rings. The summed E-state index contributed by atoms with van der Waals surface area (Å²) in [5.41, 5.74) is 0.298. The van der Waals surface area contributed by atoms with E-state index in [1.807, 2.05) is 0 Å². The lowest BCUT2D eigenvalue weighted by Gasteiger charge is -2.46. The maximum Gasteiger partial charge on any atom is 0.0252 e. The Hall–Kier alpha value is -0.0800. The number of nitrogens with zero attached hydrogens (tertiary/aromatic N) is 1. The first-order valence-corrected chi connectivity index (χ1v) is 8.53. The molecule has 1 saturated carbocycles. The standard InChI is InChI=1S/C17H34N2/c1-5-14-7-9-15(10-8-14)12-19-13-17(3,4)18-11-16(19)6-2/h14-16,18H,5-13H2,1-4H3. The van der Waals surface area contributed by atoms with Crippen molar-refractivity contribution in [2.75, 3.05) is 19.6 Å². The summed E-state index contributed by atoms with van der Waals surface area (Å²) in [5, 5.41) is 3.70. The summed E-state index contributed by atoms with van der Waals surface area (Å²) in [4.78, 5) is 2.79. The molecule has 0 bridgehead atoms. The SMILES string of the molecule is CCC1CCC(CN2CC(C)(C)NCC2CC)CC1. The minimum Gasteiger partial charge on any atom is -0.309 e. The van der Waals surface area contributed by atoms with E-state index >= 15 is 0 Å². The zero-order chi connectivity index (χ0) is 13.9. The smallest absolute Gasteiger partial charge is 0.0252 e. The Morgan fingerprint density at radius 3 is 2.21 bits per heavy atom. The summed E-state index contributed by atoms with van der Waals surface area (Å²) in [7, 11) is 0. The quantitative estimate of drug-likeness (QED) is 0.835. The third kappa shape index (κ3) is 4.19. The number of nitrogens with one attached hydrogen (secondary N) is 1. The molecule has 1 aliphatic heterocycles. The minimum atomic E-state index is 0.298. The molecule has 1 atom stereocenters. The fourth-order valence-corrected chi connectivity index (χ4v) is 3.99. The molecule has 0 radical (unpaired) electrons. The minimum absolute atomic E-state index is 0.298. The van der Waals surface area contributed by atoms with Crippen molar-refractivity contribution in [1.29, 1.82) is 0 Å². The summed E-state index contributed by atoms with van der Waals surface area (Å²) >= 11 is 0. The van der Waals surface area contributed by atoms with Crippen molar-refractivity contribution < 1.29 is 0 Å². The zero-order valence-electron chi connectivity index (χ0n) is 13.5. The first-order valence-electron chi connectivity index (χ1n) is 8.53. The average molecular weight is 266 g/mol. The van der Waals surface area contributed by atoms with E-state index in [0.29, 0.717) is 5.54 Å². The van der Waals surface area contributed by atoms with Crippen LogP contribution in [0.25, 0.3) is 0 Å². The molecular weight excluding hydrogens is 232 g/mol. The molecule has 2 fully saturated rings. The molecule has 0 aromatic heterocycles. The van der Waals surface area contributed by atoms with Gasteiger partial charge < -0.3 is 5.32 Å². The lowest BCUT2D eigenvalue weighted by Crippen LogP contribution is -2.62. The van der Waals surface area contributed by atoms with Gasteiger partial charge in [-0.25, -0.2) is 0 Å². The summed E-state index contributed by atoms with van der Waals surface area (Å²) in [5.74, 6) is 1.99. The van der Waals surface area contributed by atoms with E-state index in [4.69, 9.17) is 0 Å². The van der Waals surface area contributed by atoms with E-state index in [1.54, 1.807) is 0 Å². The monoisotopic (exact) mass is 266 g/mol. The fourth-order valence-electron chi connectivity index (χ4n) is 3.99. The molecule has 0 amide bonds. The maximum absolute atomic E-state index is 3.70. The van der Waals surface area contributed by atoms with E-state index in [1.165, 1.54) is 58.2 Å². The average Bonchev–Trinajstić information content (AvgIpc) is 2.39. The van der Waals surface area contributed by atoms with Crippen molar-refractivity contribution in [2.45, 2.75) is 77.8 Å². The highest BCUT2D eigenvalue weighted by atomic mass is 15.2. The van der Waals surface area contributed by atoms with E-state index in [-0.39, 0.29) is 0 Å². The lowest BCUT2D eigenvalue weighted by atomic mass is 9.80. The van der Waals surface area contributed by atoms with Gasteiger partial charge in [0.05, 0.1) is 0 Å². The second-order valence-corrected chi connectivity index (χ2v) is 7.55. The Kier molecular flexibility index (Phi) is 5.30. The Labute approximate surface area is 120 Å². The highest BCUT2D eigenvalue weighted by molar-refractivity contribution is 4.92. The molecule has 2 heteroatoms. The molecule has 2 aliphatic rings. The molecule has 0 aromatic carbocycles. The van der Waals surface area contributed by atoms with E-state index in [2.05, 4.69) is 37.9 Å². The van der Waals surface area contributed by atoms with Gasteiger partial charge in [-0.15, -0.1) is 0 Å². The Morgan fingerprint density at radius 2 is 1.63 bits per heavy atom. The Balaban J connectivity index is 1.85. The van der Waals surface area contributed by atoms with Crippen LogP contribution in [0.5, 0.6) is 0 Å². The van der Waals surface area contributed by atoms with Gasteiger partial charge in [-0.2, -0.15) is 0 Å². The topological polar surface area (TPSA) is 15.3 Å². The van der Waals surface area contributed by atoms with Crippen LogP contribution in [0.3, 0.4) is 0 Å². The largest absolute Gasteiger partial charge is 0.309 e. The second kappa shape index (κ2) is 6.58. The maximum atomic E-state index is 3.70. The Morgan fingerprint density at radius 1 is 1.00 bits per heavy atom. The zero-order valence-corrected chi connectivity index (χ0v) is 13.5. The number of rotatable bonds is 4. The van der Waals surface area contributed by atoms with Crippen molar-refractivity contribution in [3.05, 3.63) is 0 Å². The van der Waals surface area contributed by atoms with Crippen LogP contribution in [0.4, 0.5) is 0 Å². The van der Waals surface area contributed by atoms with Gasteiger partial charge >= 0.3 is 0 Å². The first-order chi connectivity index (χ1) is 9.04. The molecule has 1 heterocycles. The molecule has 1 N–H and O–H groups in total. The predicted octanol–water partition coefficient (Wildman–Crippen LogP) is 3.67. The lowest BCUT2D eigenvalue weighted by molar-refractivity contribution is 0.0658. The molecule has 0 spiro atoms. The molecule has 112 valence electrons. The van der Waals surface area contributed by atoms with Gasteiger partial charge in [0.15, 0.2) is 0 Å². The van der Waals surface area contributed by atoms with Gasteiger partial charge in [0.1, 0.15) is 0 Å². The second-order valence-electron chi connectivity index (χ2n) is 7.55. The molecule has 2 nitrogen and oxygen atoms in total. The highest BCUT2D eigenvalue weighted by Crippen LogP contribution is 2.32. The van der Waals surface area contributed by atoms with Crippen molar-refractivity contribution in [3.8, 4) is 0 Å². The van der Waals surface area contributed by atoms with E-state index in [0.717, 1.165) is 17.9 Å². The highest BCUT2D eigenvalue weighted by Gasteiger charge is 2.33. The van der Waals surface area contributed by atoms with Crippen LogP contribution in [0.1, 0.15) is 66.2 Å². The predicted molar refractivity (Wildman–Crippen MR) is 83.5 cm³/mol. The van der Waals surface area contributed by atoms with Gasteiger partial charge in [-0.3, -0.25) is 4.90 Å². The number of hydrogen-bond donors (Lipinski definition) is 1. The molecular formula is C17H34N2. The molecule has 1 aliphatic carbocycles. The van der Waals surface area contributed by atoms with Gasteiger partial charge in [-0.1, -0.05) is 33.1 Å². The van der Waals surface area contributed by atoms with Crippen LogP contribution < -0.4 is 5.32 Å². The van der Waals surface area contributed by atoms with Gasteiger partial charge in [0, 0.05) is 31.2 Å². The van der Waals surface area contributed by atoms with Crippen LogP contribution in [0, 0.1) is 11.8 Å². The van der Waals surface area contributed by atoms with Gasteiger partial charge in [0.25, 0.3) is 0 Å². The van der Waals surface area contributed by atoms with Crippen molar-refractivity contribution >= 4 is 0 Å². The third-order valence-corrected chi connectivity index (χ3v) is 5.44. The molecule has 19 heavy (non-hydrogen) atoms. The van der Waals surface area contributed by atoms with Crippen LogP contribution in [-0.2, 0) is 0 Å². The summed E-state index contributed by atoms with van der Waals surface area (Å²) in [6.07, 6.45) is 8.58. The summed E-state index contributed by atoms with van der Waals surface area (Å²) in [6.45, 7) is 13.1. The molecule has 2 rings (SSSR count). The van der Waals surface area contributed by atoms with Crippen LogP contribution >= 0.6 is 0 Å². The van der Waals surface area contributed by atoms with Crippen molar-refractivity contribution in [3.63, 3.8) is 0 Å². The van der Waals surface area contributed by atoms with Gasteiger partial charge in [-0.05, 0) is 44.9 Å². The summed E-state index contributed by atoms with van der Waals surface area (Å²) in [6, 6.07) is 0.761. The molecule has 1 unspecified atom stereocenters. The van der Waals surface area contributed by atoms with E-state index in [9.17, 15) is 0 Å². The first kappa shape index (κ1) is 15.3. The fraction of sp³-hybridized carbons (Fsp3) is 1.00. The van der Waals surface area contributed by atoms with Crippen LogP contribution in [0.15, 0.2) is 0 Å². The van der Waals surface area contributed by atoms with E-state index < -0.39 is 0 Å². The molecule has 1 saturated heterocycles. The number of hydrogen-bond acceptors (Lipinski definition) is 2. The van der Waals surface area contributed by atoms with Crippen LogP contribution in [-0.4, -0.2) is 36.1 Å². The van der Waals surface area contributed by atoms with Crippen LogP contribution in [0.2, 0.25) is 0 Å². The summed E-state index contributed by atoms with van der Waals surface area (Å²) < 4.78 is 0. The number of piperazine rings is 1. The Bertz CT molecular complexity index is 266. The third-order valence-electron chi connectivity index (χ3n) is 5.44. The van der Waals surface area contributed by atoms with Gasteiger partial charge in [0.2, 0.25) is 0 Å². The van der Waals surface area contributed by atoms with Crippen molar-refractivity contribution in [1.82, 2.24) is 10.2 Å².